The standard InChI is InChI=1S/C11H6O2S2/c12-11(7-2-1-4-13-7)10-6-9-8(15-10)3-5-14-9/h1-6H. The Labute approximate surface area is 93.8 Å². The largest absolute Gasteiger partial charge is 0.461 e. The summed E-state index contributed by atoms with van der Waals surface area (Å²) in [4.78, 5) is 12.6. The summed E-state index contributed by atoms with van der Waals surface area (Å²) in [5, 5.41) is 2.03. The van der Waals surface area contributed by atoms with Crippen LogP contribution in [0.25, 0.3) is 9.40 Å². The molecule has 0 spiro atoms. The summed E-state index contributed by atoms with van der Waals surface area (Å²) < 4.78 is 7.41. The third-order valence-electron chi connectivity index (χ3n) is 2.11. The van der Waals surface area contributed by atoms with Crippen LogP contribution in [-0.2, 0) is 0 Å². The van der Waals surface area contributed by atoms with Crippen molar-refractivity contribution in [3.05, 3.63) is 46.5 Å². The fourth-order valence-corrected chi connectivity index (χ4v) is 3.46. The van der Waals surface area contributed by atoms with E-state index in [1.165, 1.54) is 17.6 Å². The Morgan fingerprint density at radius 2 is 2.20 bits per heavy atom. The molecule has 0 atom stereocenters. The zero-order valence-electron chi connectivity index (χ0n) is 7.60. The lowest BCUT2D eigenvalue weighted by Gasteiger charge is -1.90. The van der Waals surface area contributed by atoms with Crippen LogP contribution in [0.1, 0.15) is 15.4 Å². The Morgan fingerprint density at radius 3 is 2.93 bits per heavy atom. The number of carbonyl (C=O) groups excluding carboxylic acids is 1. The van der Waals surface area contributed by atoms with Crippen LogP contribution in [0.4, 0.5) is 0 Å². The third-order valence-corrected chi connectivity index (χ3v) is 4.20. The van der Waals surface area contributed by atoms with Crippen LogP contribution in [0.3, 0.4) is 0 Å². The number of fused-ring (bicyclic) bond motifs is 1. The van der Waals surface area contributed by atoms with Crippen LogP contribution in [-0.4, -0.2) is 5.78 Å². The highest BCUT2D eigenvalue weighted by molar-refractivity contribution is 7.28. The summed E-state index contributed by atoms with van der Waals surface area (Å²) in [6, 6.07) is 7.37. The molecule has 3 heterocycles. The van der Waals surface area contributed by atoms with Gasteiger partial charge in [0.05, 0.1) is 11.1 Å². The average Bonchev–Trinajstić information content (AvgIpc) is 2.92. The second kappa shape index (κ2) is 3.32. The number of thiophene rings is 2. The first-order chi connectivity index (χ1) is 7.34. The second-order valence-corrected chi connectivity index (χ2v) is 5.10. The van der Waals surface area contributed by atoms with E-state index < -0.39 is 0 Å². The van der Waals surface area contributed by atoms with Crippen LogP contribution < -0.4 is 0 Å². The molecule has 0 fully saturated rings. The Kier molecular flexibility index (Phi) is 1.97. The smallest absolute Gasteiger partial charge is 0.238 e. The fraction of sp³-hybridized carbons (Fsp3) is 0. The van der Waals surface area contributed by atoms with E-state index in [4.69, 9.17) is 4.42 Å². The molecule has 74 valence electrons. The number of furan rings is 1. The Bertz CT molecular complexity index is 573. The predicted octanol–water partition coefficient (Wildman–Crippen LogP) is 3.79. The maximum absolute atomic E-state index is 11.9. The predicted molar refractivity (Wildman–Crippen MR) is 61.8 cm³/mol. The highest BCUT2D eigenvalue weighted by Crippen LogP contribution is 2.31. The number of carbonyl (C=O) groups is 1. The van der Waals surface area contributed by atoms with E-state index in [1.807, 2.05) is 17.5 Å². The van der Waals surface area contributed by atoms with Gasteiger partial charge in [0.2, 0.25) is 5.78 Å². The zero-order chi connectivity index (χ0) is 10.3. The van der Waals surface area contributed by atoms with Crippen molar-refractivity contribution < 1.29 is 9.21 Å². The minimum absolute atomic E-state index is 0.0339. The van der Waals surface area contributed by atoms with Crippen molar-refractivity contribution in [3.8, 4) is 0 Å². The van der Waals surface area contributed by atoms with Gasteiger partial charge in [-0.3, -0.25) is 4.79 Å². The van der Waals surface area contributed by atoms with Gasteiger partial charge in [-0.2, -0.15) is 0 Å². The van der Waals surface area contributed by atoms with Crippen molar-refractivity contribution in [1.82, 2.24) is 0 Å². The molecule has 0 aliphatic carbocycles. The van der Waals surface area contributed by atoms with Crippen molar-refractivity contribution >= 4 is 37.9 Å². The molecular weight excluding hydrogens is 228 g/mol. The lowest BCUT2D eigenvalue weighted by molar-refractivity contribution is 0.101. The van der Waals surface area contributed by atoms with Gasteiger partial charge in [0.15, 0.2) is 5.76 Å². The molecule has 0 aliphatic rings. The van der Waals surface area contributed by atoms with Crippen molar-refractivity contribution in [3.63, 3.8) is 0 Å². The highest BCUT2D eigenvalue weighted by Gasteiger charge is 2.15. The fourth-order valence-electron chi connectivity index (χ4n) is 1.41. The molecule has 15 heavy (non-hydrogen) atoms. The quantitative estimate of drug-likeness (QED) is 0.631. The minimum atomic E-state index is -0.0339. The van der Waals surface area contributed by atoms with Crippen molar-refractivity contribution in [2.24, 2.45) is 0 Å². The molecule has 0 N–H and O–H groups in total. The molecular formula is C11H6O2S2. The van der Waals surface area contributed by atoms with Crippen LogP contribution in [0.15, 0.2) is 40.3 Å². The van der Waals surface area contributed by atoms with Crippen molar-refractivity contribution in [2.45, 2.75) is 0 Å². The van der Waals surface area contributed by atoms with E-state index in [0.29, 0.717) is 5.76 Å². The molecule has 0 bridgehead atoms. The van der Waals surface area contributed by atoms with Crippen molar-refractivity contribution in [2.75, 3.05) is 0 Å². The van der Waals surface area contributed by atoms with E-state index in [0.717, 1.165) is 14.3 Å². The van der Waals surface area contributed by atoms with Gasteiger partial charge in [0.1, 0.15) is 0 Å². The summed E-state index contributed by atoms with van der Waals surface area (Å²) in [6.45, 7) is 0. The van der Waals surface area contributed by atoms with Crippen LogP contribution in [0.5, 0.6) is 0 Å². The molecule has 0 unspecified atom stereocenters. The summed E-state index contributed by atoms with van der Waals surface area (Å²) in [6.07, 6.45) is 1.52. The number of ketones is 1. The molecule has 0 saturated carbocycles. The lowest BCUT2D eigenvalue weighted by atomic mass is 10.2. The van der Waals surface area contributed by atoms with E-state index >= 15 is 0 Å². The SMILES string of the molecule is O=C(c1ccco1)c1cc2sccc2s1. The van der Waals surface area contributed by atoms with Crippen LogP contribution in [0, 0.1) is 0 Å². The molecule has 0 aliphatic heterocycles. The Morgan fingerprint density at radius 1 is 1.27 bits per heavy atom. The van der Waals surface area contributed by atoms with Gasteiger partial charge in [0.25, 0.3) is 0 Å². The van der Waals surface area contributed by atoms with Gasteiger partial charge in [-0.25, -0.2) is 0 Å². The van der Waals surface area contributed by atoms with Gasteiger partial charge >= 0.3 is 0 Å². The molecule has 0 aromatic carbocycles. The van der Waals surface area contributed by atoms with Crippen molar-refractivity contribution in [1.29, 1.82) is 0 Å². The van der Waals surface area contributed by atoms with Gasteiger partial charge in [-0.15, -0.1) is 22.7 Å². The van der Waals surface area contributed by atoms with Gasteiger partial charge < -0.3 is 4.42 Å². The average molecular weight is 234 g/mol. The molecule has 0 saturated heterocycles. The Balaban J connectivity index is 2.07. The highest BCUT2D eigenvalue weighted by atomic mass is 32.1. The summed E-state index contributed by atoms with van der Waals surface area (Å²) in [5.41, 5.74) is 0. The second-order valence-electron chi connectivity index (χ2n) is 3.07. The molecule has 3 aromatic heterocycles. The Hall–Kier alpha value is -1.39. The zero-order valence-corrected chi connectivity index (χ0v) is 9.23. The monoisotopic (exact) mass is 234 g/mol. The van der Waals surface area contributed by atoms with E-state index in [9.17, 15) is 4.79 Å². The normalized spacial score (nSPS) is 10.9. The molecule has 0 radical (unpaired) electrons. The van der Waals surface area contributed by atoms with Gasteiger partial charge in [0, 0.05) is 9.40 Å². The maximum Gasteiger partial charge on any atom is 0.238 e. The first-order valence-corrected chi connectivity index (χ1v) is 6.09. The first-order valence-electron chi connectivity index (χ1n) is 4.40. The summed E-state index contributed by atoms with van der Waals surface area (Å²) >= 11 is 3.16. The molecule has 3 rings (SSSR count). The van der Waals surface area contributed by atoms with E-state index in [-0.39, 0.29) is 5.78 Å². The molecule has 2 nitrogen and oxygen atoms in total. The van der Waals surface area contributed by atoms with Crippen LogP contribution in [0.2, 0.25) is 0 Å². The van der Waals surface area contributed by atoms with Crippen LogP contribution >= 0.6 is 22.7 Å². The number of hydrogen-bond acceptors (Lipinski definition) is 4. The lowest BCUT2D eigenvalue weighted by Crippen LogP contribution is -1.95. The molecule has 4 heteroatoms. The van der Waals surface area contributed by atoms with Gasteiger partial charge in [-0.05, 0) is 29.6 Å². The maximum atomic E-state index is 11.9. The summed E-state index contributed by atoms with van der Waals surface area (Å²) in [5.74, 6) is 0.373. The van der Waals surface area contributed by atoms with E-state index in [2.05, 4.69) is 0 Å². The molecule has 3 aromatic rings. The van der Waals surface area contributed by atoms with E-state index in [1.54, 1.807) is 23.5 Å². The summed E-state index contributed by atoms with van der Waals surface area (Å²) in [7, 11) is 0. The minimum Gasteiger partial charge on any atom is -0.461 e. The molecule has 0 amide bonds. The topological polar surface area (TPSA) is 30.2 Å². The number of rotatable bonds is 2. The first kappa shape index (κ1) is 8.88. The van der Waals surface area contributed by atoms with Gasteiger partial charge in [-0.1, -0.05) is 0 Å². The third kappa shape index (κ3) is 1.42. The number of hydrogen-bond donors (Lipinski definition) is 0.